The topological polar surface area (TPSA) is 128 Å². The third-order valence-electron chi connectivity index (χ3n) is 5.65. The standard InChI is InChI=1S/C24H25FN4O3S.C2HF3O2/c25-21-9-5-4-6-19(21)17-27-24(30)18-10-11-23(29-14-12-26-13-15-29)22(16-18)28-33(31,32)20-7-2-1-3-8-20;3-2(4,5)1(6)7/h1-11,16,26,28H,12-15,17H2,(H,27,30);(H,6,7). The summed E-state index contributed by atoms with van der Waals surface area (Å²) in [4.78, 5) is 23.9. The first kappa shape index (κ1) is 30.4. The molecule has 3 aromatic carbocycles. The maximum absolute atomic E-state index is 13.9. The van der Waals surface area contributed by atoms with Crippen molar-refractivity contribution in [1.82, 2.24) is 10.6 Å². The predicted molar refractivity (Wildman–Crippen MR) is 140 cm³/mol. The van der Waals surface area contributed by atoms with E-state index >= 15 is 0 Å². The number of nitrogens with zero attached hydrogens (tertiary/aromatic N) is 1. The summed E-state index contributed by atoms with van der Waals surface area (Å²) >= 11 is 0. The zero-order valence-electron chi connectivity index (χ0n) is 20.9. The number of carbonyl (C=O) groups excluding carboxylic acids is 1. The highest BCUT2D eigenvalue weighted by Gasteiger charge is 2.38. The van der Waals surface area contributed by atoms with Crippen LogP contribution in [0.4, 0.5) is 28.9 Å². The Balaban J connectivity index is 0.000000559. The molecular formula is C26H26F4N4O5S. The van der Waals surface area contributed by atoms with Gasteiger partial charge in [0.25, 0.3) is 15.9 Å². The molecule has 1 saturated heterocycles. The Morgan fingerprint density at radius 2 is 1.55 bits per heavy atom. The van der Waals surface area contributed by atoms with E-state index in [1.165, 1.54) is 24.3 Å². The van der Waals surface area contributed by atoms with Crippen molar-refractivity contribution in [2.24, 2.45) is 0 Å². The molecule has 1 fully saturated rings. The van der Waals surface area contributed by atoms with E-state index in [-0.39, 0.29) is 17.0 Å². The second-order valence-corrected chi connectivity index (χ2v) is 10.1. The first-order valence-electron chi connectivity index (χ1n) is 11.9. The second kappa shape index (κ2) is 13.3. The Bertz CT molecular complexity index is 1430. The molecule has 3 aromatic rings. The number of rotatable bonds is 7. The monoisotopic (exact) mass is 582 g/mol. The van der Waals surface area contributed by atoms with Crippen molar-refractivity contribution in [1.29, 1.82) is 0 Å². The first-order chi connectivity index (χ1) is 18.9. The molecule has 0 radical (unpaired) electrons. The van der Waals surface area contributed by atoms with E-state index in [0.717, 1.165) is 13.1 Å². The summed E-state index contributed by atoms with van der Waals surface area (Å²) in [5.74, 6) is -3.58. The number of piperazine rings is 1. The quantitative estimate of drug-likeness (QED) is 0.314. The van der Waals surface area contributed by atoms with Gasteiger partial charge in [-0.3, -0.25) is 9.52 Å². The van der Waals surface area contributed by atoms with Crippen molar-refractivity contribution in [3.05, 3.63) is 89.7 Å². The van der Waals surface area contributed by atoms with E-state index in [0.29, 0.717) is 30.0 Å². The van der Waals surface area contributed by atoms with Gasteiger partial charge in [-0.25, -0.2) is 17.6 Å². The molecule has 0 spiro atoms. The Morgan fingerprint density at radius 1 is 0.950 bits per heavy atom. The Kier molecular flexibility index (Phi) is 10.1. The van der Waals surface area contributed by atoms with Crippen molar-refractivity contribution in [3.63, 3.8) is 0 Å². The molecule has 9 nitrogen and oxygen atoms in total. The molecular weight excluding hydrogens is 556 g/mol. The summed E-state index contributed by atoms with van der Waals surface area (Å²) in [6.45, 7) is 2.99. The van der Waals surface area contributed by atoms with Crippen LogP contribution in [-0.2, 0) is 21.4 Å². The molecule has 1 amide bonds. The number of hydrogen-bond donors (Lipinski definition) is 4. The van der Waals surface area contributed by atoms with Crippen LogP contribution in [0.1, 0.15) is 15.9 Å². The minimum absolute atomic E-state index is 0.0239. The number of nitrogens with one attached hydrogen (secondary N) is 3. The molecule has 0 aliphatic carbocycles. The Labute approximate surface area is 227 Å². The molecule has 14 heteroatoms. The number of sulfonamides is 1. The fraction of sp³-hybridized carbons (Fsp3) is 0.231. The number of halogens is 4. The number of alkyl halides is 3. The molecule has 0 saturated carbocycles. The van der Waals surface area contributed by atoms with E-state index in [4.69, 9.17) is 9.90 Å². The van der Waals surface area contributed by atoms with Gasteiger partial charge in [-0.2, -0.15) is 13.2 Å². The number of amides is 1. The Hall–Kier alpha value is -4.17. The normalized spacial score (nSPS) is 13.6. The van der Waals surface area contributed by atoms with Gasteiger partial charge in [0.1, 0.15) is 5.82 Å². The van der Waals surface area contributed by atoms with E-state index in [9.17, 15) is 30.8 Å². The maximum atomic E-state index is 13.9. The number of carboxylic acid groups (broad SMARTS) is 1. The van der Waals surface area contributed by atoms with Crippen LogP contribution in [0.25, 0.3) is 0 Å². The molecule has 40 heavy (non-hydrogen) atoms. The van der Waals surface area contributed by atoms with Gasteiger partial charge >= 0.3 is 12.1 Å². The van der Waals surface area contributed by atoms with Crippen LogP contribution in [0, 0.1) is 5.82 Å². The number of carboxylic acids is 1. The van der Waals surface area contributed by atoms with Gasteiger partial charge in [0, 0.05) is 43.9 Å². The molecule has 1 heterocycles. The van der Waals surface area contributed by atoms with Crippen LogP contribution in [0.5, 0.6) is 0 Å². The average Bonchev–Trinajstić information content (AvgIpc) is 2.93. The molecule has 0 aromatic heterocycles. The van der Waals surface area contributed by atoms with Crippen molar-refractivity contribution in [2.75, 3.05) is 35.8 Å². The first-order valence-corrected chi connectivity index (χ1v) is 13.4. The van der Waals surface area contributed by atoms with E-state index in [1.54, 1.807) is 48.5 Å². The summed E-state index contributed by atoms with van der Waals surface area (Å²) in [5.41, 5.74) is 1.66. The van der Waals surface area contributed by atoms with Crippen LogP contribution in [0.2, 0.25) is 0 Å². The number of benzene rings is 3. The van der Waals surface area contributed by atoms with Crippen LogP contribution in [0.3, 0.4) is 0 Å². The maximum Gasteiger partial charge on any atom is 0.490 e. The molecule has 1 aliphatic heterocycles. The lowest BCUT2D eigenvalue weighted by molar-refractivity contribution is -0.192. The molecule has 0 unspecified atom stereocenters. The SMILES string of the molecule is O=C(NCc1ccccc1F)c1ccc(N2CCNCC2)c(NS(=O)(=O)c2ccccc2)c1.O=C(O)C(F)(F)F. The predicted octanol–water partition coefficient (Wildman–Crippen LogP) is 3.60. The molecule has 1 aliphatic rings. The fourth-order valence-corrected chi connectivity index (χ4v) is 4.75. The zero-order chi connectivity index (χ0) is 29.3. The van der Waals surface area contributed by atoms with Crippen molar-refractivity contribution in [2.45, 2.75) is 17.6 Å². The average molecular weight is 583 g/mol. The highest BCUT2D eigenvalue weighted by atomic mass is 32.2. The number of aliphatic carboxylic acids is 1. The summed E-state index contributed by atoms with van der Waals surface area (Å²) in [6, 6.07) is 19.2. The summed E-state index contributed by atoms with van der Waals surface area (Å²) in [6.07, 6.45) is -5.08. The van der Waals surface area contributed by atoms with Crippen LogP contribution in [-0.4, -0.2) is 57.8 Å². The summed E-state index contributed by atoms with van der Waals surface area (Å²) in [7, 11) is -3.85. The number of anilines is 2. The lowest BCUT2D eigenvalue weighted by Crippen LogP contribution is -2.43. The second-order valence-electron chi connectivity index (χ2n) is 8.46. The van der Waals surface area contributed by atoms with Crippen LogP contribution < -0.4 is 20.3 Å². The lowest BCUT2D eigenvalue weighted by Gasteiger charge is -2.31. The molecule has 214 valence electrons. The largest absolute Gasteiger partial charge is 0.490 e. The molecule has 0 atom stereocenters. The lowest BCUT2D eigenvalue weighted by atomic mass is 10.1. The summed E-state index contributed by atoms with van der Waals surface area (Å²) < 4.78 is 74.2. The smallest absolute Gasteiger partial charge is 0.475 e. The zero-order valence-corrected chi connectivity index (χ0v) is 21.7. The van der Waals surface area contributed by atoms with E-state index in [2.05, 4.69) is 20.3 Å². The minimum atomic E-state index is -5.08. The van der Waals surface area contributed by atoms with Crippen molar-refractivity contribution < 1.29 is 40.7 Å². The van der Waals surface area contributed by atoms with E-state index in [1.807, 2.05) is 0 Å². The van der Waals surface area contributed by atoms with Crippen molar-refractivity contribution in [3.8, 4) is 0 Å². The Morgan fingerprint density at radius 3 is 2.15 bits per heavy atom. The van der Waals surface area contributed by atoms with Gasteiger partial charge < -0.3 is 20.6 Å². The number of hydrogen-bond acceptors (Lipinski definition) is 6. The van der Waals surface area contributed by atoms with Gasteiger partial charge in [-0.1, -0.05) is 36.4 Å². The highest BCUT2D eigenvalue weighted by molar-refractivity contribution is 7.92. The van der Waals surface area contributed by atoms with Gasteiger partial charge in [0.2, 0.25) is 0 Å². The molecule has 4 N–H and O–H groups in total. The van der Waals surface area contributed by atoms with Crippen LogP contribution >= 0.6 is 0 Å². The number of carbonyl (C=O) groups is 2. The third kappa shape index (κ3) is 8.41. The minimum Gasteiger partial charge on any atom is -0.475 e. The van der Waals surface area contributed by atoms with Gasteiger partial charge in [-0.05, 0) is 36.4 Å². The molecule has 0 bridgehead atoms. The molecule has 4 rings (SSSR count). The van der Waals surface area contributed by atoms with E-state index < -0.39 is 33.9 Å². The highest BCUT2D eigenvalue weighted by Crippen LogP contribution is 2.30. The van der Waals surface area contributed by atoms with Gasteiger partial charge in [0.05, 0.1) is 16.3 Å². The summed E-state index contributed by atoms with van der Waals surface area (Å²) in [5, 5.41) is 13.1. The van der Waals surface area contributed by atoms with Gasteiger partial charge in [0.15, 0.2) is 0 Å². The fourth-order valence-electron chi connectivity index (χ4n) is 3.66. The third-order valence-corrected chi connectivity index (χ3v) is 7.04. The van der Waals surface area contributed by atoms with Gasteiger partial charge in [-0.15, -0.1) is 0 Å². The van der Waals surface area contributed by atoms with Crippen molar-refractivity contribution >= 4 is 33.3 Å². The van der Waals surface area contributed by atoms with Crippen LogP contribution in [0.15, 0.2) is 77.7 Å².